The van der Waals surface area contributed by atoms with E-state index in [4.69, 9.17) is 4.74 Å². The van der Waals surface area contributed by atoms with Crippen molar-refractivity contribution in [3.8, 4) is 17.1 Å². The number of fused-ring (bicyclic) bond motifs is 1. The van der Waals surface area contributed by atoms with Crippen LogP contribution in [-0.2, 0) is 0 Å². The van der Waals surface area contributed by atoms with Gasteiger partial charge in [0, 0.05) is 24.3 Å². The van der Waals surface area contributed by atoms with Gasteiger partial charge in [-0.05, 0) is 68.3 Å². The molecule has 2 heterocycles. The first-order chi connectivity index (χ1) is 16.1. The minimum atomic E-state index is -0.141. The Hall–Kier alpha value is -3.19. The molecule has 0 unspecified atom stereocenters. The molecule has 172 valence electrons. The summed E-state index contributed by atoms with van der Waals surface area (Å²) in [4.78, 5) is 20.4. The highest BCUT2D eigenvalue weighted by Crippen LogP contribution is 2.21. The number of aromatic nitrogens is 3. The summed E-state index contributed by atoms with van der Waals surface area (Å²) in [6.45, 7) is 9.13. The minimum absolute atomic E-state index is 0.141. The van der Waals surface area contributed by atoms with E-state index in [9.17, 15) is 4.79 Å². The predicted molar refractivity (Wildman–Crippen MR) is 136 cm³/mol. The second-order valence-corrected chi connectivity index (χ2v) is 8.90. The van der Waals surface area contributed by atoms with Crippen LogP contribution in [0.5, 0.6) is 5.75 Å². The molecule has 2 aromatic carbocycles. The van der Waals surface area contributed by atoms with Crippen molar-refractivity contribution in [2.75, 3.05) is 24.6 Å². The zero-order valence-corrected chi connectivity index (χ0v) is 20.3. The van der Waals surface area contributed by atoms with E-state index in [1.165, 1.54) is 34.4 Å². The van der Waals surface area contributed by atoms with E-state index >= 15 is 0 Å². The number of nitrogens with zero attached hydrogens (tertiary/aromatic N) is 4. The quantitative estimate of drug-likeness (QED) is 0.318. The van der Waals surface area contributed by atoms with Gasteiger partial charge in [0.05, 0.1) is 11.1 Å². The standard InChI is InChI=1S/C26H30N4O2S/c1-4-7-8-17-32-22-15-11-20(12-16-22)24-27-26-30(28-24)25(31)23(33-26)18-19-9-13-21(14-10-19)29(5-2)6-3/h9-16,18H,4-8,17H2,1-3H3. The van der Waals surface area contributed by atoms with Crippen LogP contribution < -0.4 is 19.7 Å². The summed E-state index contributed by atoms with van der Waals surface area (Å²) in [5, 5.41) is 4.46. The molecule has 0 fully saturated rings. The van der Waals surface area contributed by atoms with Gasteiger partial charge in [0.2, 0.25) is 4.96 Å². The monoisotopic (exact) mass is 462 g/mol. The Labute approximate surface area is 198 Å². The fourth-order valence-corrected chi connectivity index (χ4v) is 4.63. The molecule has 4 aromatic rings. The lowest BCUT2D eigenvalue weighted by atomic mass is 10.2. The average molecular weight is 463 g/mol. The smallest absolute Gasteiger partial charge is 0.291 e. The lowest BCUT2D eigenvalue weighted by molar-refractivity contribution is 0.306. The topological polar surface area (TPSA) is 59.7 Å². The van der Waals surface area contributed by atoms with Crippen LogP contribution in [0.15, 0.2) is 53.3 Å². The molecule has 7 heteroatoms. The van der Waals surface area contributed by atoms with Crippen molar-refractivity contribution in [1.29, 1.82) is 0 Å². The predicted octanol–water partition coefficient (Wildman–Crippen LogP) is 4.78. The first-order valence-corrected chi connectivity index (χ1v) is 12.4. The van der Waals surface area contributed by atoms with Crippen molar-refractivity contribution in [1.82, 2.24) is 14.6 Å². The molecule has 33 heavy (non-hydrogen) atoms. The Kier molecular flexibility index (Phi) is 7.40. The van der Waals surface area contributed by atoms with Crippen LogP contribution in [-0.4, -0.2) is 34.3 Å². The summed E-state index contributed by atoms with van der Waals surface area (Å²) in [6.07, 6.45) is 5.31. The number of hydrogen-bond acceptors (Lipinski definition) is 6. The molecule has 0 N–H and O–H groups in total. The molecular formula is C26H30N4O2S. The van der Waals surface area contributed by atoms with E-state index in [1.807, 2.05) is 42.5 Å². The number of unbranched alkanes of at least 4 members (excludes halogenated alkanes) is 2. The molecule has 0 spiro atoms. The zero-order valence-electron chi connectivity index (χ0n) is 19.5. The maximum atomic E-state index is 12.9. The van der Waals surface area contributed by atoms with Gasteiger partial charge in [-0.2, -0.15) is 9.50 Å². The average Bonchev–Trinajstić information content (AvgIpc) is 3.38. The Bertz CT molecular complexity index is 1290. The summed E-state index contributed by atoms with van der Waals surface area (Å²) in [7, 11) is 0. The summed E-state index contributed by atoms with van der Waals surface area (Å²) < 4.78 is 7.79. The number of hydrogen-bond donors (Lipinski definition) is 0. The molecule has 0 amide bonds. The Morgan fingerprint density at radius 2 is 1.73 bits per heavy atom. The number of rotatable bonds is 10. The SMILES string of the molecule is CCCCCOc1ccc(-c2nc3sc(=Cc4ccc(N(CC)CC)cc4)c(=O)n3n2)cc1. The molecule has 2 aromatic heterocycles. The maximum absolute atomic E-state index is 12.9. The van der Waals surface area contributed by atoms with E-state index < -0.39 is 0 Å². The summed E-state index contributed by atoms with van der Waals surface area (Å²) in [5.41, 5.74) is 2.90. The van der Waals surface area contributed by atoms with E-state index in [0.29, 0.717) is 15.3 Å². The van der Waals surface area contributed by atoms with Gasteiger partial charge in [-0.25, -0.2) is 0 Å². The normalized spacial score (nSPS) is 11.9. The van der Waals surface area contributed by atoms with Crippen LogP contribution in [0.4, 0.5) is 5.69 Å². The van der Waals surface area contributed by atoms with E-state index in [0.717, 1.165) is 43.0 Å². The van der Waals surface area contributed by atoms with Crippen molar-refractivity contribution in [2.24, 2.45) is 0 Å². The highest BCUT2D eigenvalue weighted by molar-refractivity contribution is 7.15. The van der Waals surface area contributed by atoms with Gasteiger partial charge in [-0.3, -0.25) is 4.79 Å². The number of benzene rings is 2. The summed E-state index contributed by atoms with van der Waals surface area (Å²) in [6, 6.07) is 16.0. The van der Waals surface area contributed by atoms with Crippen LogP contribution in [0.1, 0.15) is 45.6 Å². The third-order valence-electron chi connectivity index (χ3n) is 5.63. The zero-order chi connectivity index (χ0) is 23.2. The molecule has 0 saturated heterocycles. The van der Waals surface area contributed by atoms with Gasteiger partial charge in [-0.15, -0.1) is 5.10 Å². The van der Waals surface area contributed by atoms with Gasteiger partial charge < -0.3 is 9.64 Å². The molecule has 0 aliphatic carbocycles. The molecule has 0 bridgehead atoms. The summed E-state index contributed by atoms with van der Waals surface area (Å²) >= 11 is 1.36. The van der Waals surface area contributed by atoms with Crippen LogP contribution in [0.2, 0.25) is 0 Å². The Balaban J connectivity index is 1.52. The van der Waals surface area contributed by atoms with Crippen molar-refractivity contribution < 1.29 is 4.74 Å². The largest absolute Gasteiger partial charge is 0.494 e. The van der Waals surface area contributed by atoms with Crippen molar-refractivity contribution in [3.63, 3.8) is 0 Å². The number of thiazole rings is 1. The van der Waals surface area contributed by atoms with Crippen LogP contribution in [0.3, 0.4) is 0 Å². The van der Waals surface area contributed by atoms with Gasteiger partial charge >= 0.3 is 0 Å². The fraction of sp³-hybridized carbons (Fsp3) is 0.346. The van der Waals surface area contributed by atoms with E-state index in [1.54, 1.807) is 0 Å². The molecule has 0 atom stereocenters. The Morgan fingerprint density at radius 3 is 2.36 bits per heavy atom. The third kappa shape index (κ3) is 5.25. The van der Waals surface area contributed by atoms with E-state index in [2.05, 4.69) is 47.9 Å². The van der Waals surface area contributed by atoms with E-state index in [-0.39, 0.29) is 5.56 Å². The summed E-state index contributed by atoms with van der Waals surface area (Å²) in [5.74, 6) is 1.38. The van der Waals surface area contributed by atoms with Gasteiger partial charge in [0.25, 0.3) is 5.56 Å². The number of ether oxygens (including phenoxy) is 1. The minimum Gasteiger partial charge on any atom is -0.494 e. The van der Waals surface area contributed by atoms with Gasteiger partial charge in [0.1, 0.15) is 5.75 Å². The maximum Gasteiger partial charge on any atom is 0.291 e. The highest BCUT2D eigenvalue weighted by Gasteiger charge is 2.12. The second-order valence-electron chi connectivity index (χ2n) is 7.89. The highest BCUT2D eigenvalue weighted by atomic mass is 32.1. The van der Waals surface area contributed by atoms with Crippen molar-refractivity contribution >= 4 is 28.1 Å². The second kappa shape index (κ2) is 10.6. The number of anilines is 1. The lowest BCUT2D eigenvalue weighted by Gasteiger charge is -2.20. The first-order valence-electron chi connectivity index (χ1n) is 11.6. The molecule has 0 radical (unpaired) electrons. The third-order valence-corrected chi connectivity index (χ3v) is 6.59. The first kappa shape index (κ1) is 23.0. The van der Waals surface area contributed by atoms with Crippen molar-refractivity contribution in [2.45, 2.75) is 40.0 Å². The lowest BCUT2D eigenvalue weighted by Crippen LogP contribution is -2.23. The van der Waals surface area contributed by atoms with Crippen LogP contribution in [0, 0.1) is 0 Å². The molecule has 0 saturated carbocycles. The van der Waals surface area contributed by atoms with Crippen molar-refractivity contribution in [3.05, 3.63) is 69.0 Å². The molecule has 6 nitrogen and oxygen atoms in total. The van der Waals surface area contributed by atoms with Crippen LogP contribution in [0.25, 0.3) is 22.4 Å². The van der Waals surface area contributed by atoms with Gasteiger partial charge in [0.15, 0.2) is 5.82 Å². The fourth-order valence-electron chi connectivity index (χ4n) is 3.72. The molecule has 0 aliphatic rings. The molecule has 0 aliphatic heterocycles. The van der Waals surface area contributed by atoms with Crippen LogP contribution >= 0.6 is 11.3 Å². The van der Waals surface area contributed by atoms with Gasteiger partial charge in [-0.1, -0.05) is 43.2 Å². The molecular weight excluding hydrogens is 432 g/mol. The molecule has 4 rings (SSSR count). The Morgan fingerprint density at radius 1 is 1.00 bits per heavy atom.